The Bertz CT molecular complexity index is 877. The van der Waals surface area contributed by atoms with E-state index in [4.69, 9.17) is 47.7 Å². The number of ether oxygens (including phenoxy) is 4. The molecule has 0 aromatic heterocycles. The van der Waals surface area contributed by atoms with Gasteiger partial charge in [-0.3, -0.25) is 14.4 Å². The van der Waals surface area contributed by atoms with Crippen molar-refractivity contribution in [3.63, 3.8) is 0 Å². The molecule has 1 aromatic rings. The molecular weight excluding hydrogens is 473 g/mol. The topological polar surface area (TPSA) is 137 Å². The molecule has 13 heteroatoms. The molecule has 1 heterocycles. The van der Waals surface area contributed by atoms with Crippen LogP contribution in [0.4, 0.5) is 0 Å². The third-order valence-electron chi connectivity index (χ3n) is 3.95. The van der Waals surface area contributed by atoms with Crippen LogP contribution < -0.4 is 0 Å². The van der Waals surface area contributed by atoms with Gasteiger partial charge in [0.25, 0.3) is 0 Å². The first-order valence-electron chi connectivity index (χ1n) is 8.91. The summed E-state index contributed by atoms with van der Waals surface area (Å²) < 4.78 is 21.7. The number of hydrogen-bond donors (Lipinski definition) is 0. The Kier molecular flexibility index (Phi) is 9.27. The highest BCUT2D eigenvalue weighted by molar-refractivity contribution is 7.99. The van der Waals surface area contributed by atoms with Gasteiger partial charge in [-0.1, -0.05) is 40.1 Å². The molecule has 1 fully saturated rings. The Morgan fingerprint density at radius 3 is 2.16 bits per heavy atom. The van der Waals surface area contributed by atoms with Gasteiger partial charge in [-0.25, -0.2) is 0 Å². The normalized spacial score (nSPS) is 25.1. The minimum Gasteiger partial charge on any atom is -0.463 e. The zero-order valence-electron chi connectivity index (χ0n) is 16.7. The number of rotatable bonds is 7. The van der Waals surface area contributed by atoms with E-state index in [1.54, 1.807) is 18.2 Å². The van der Waals surface area contributed by atoms with Gasteiger partial charge in [0.1, 0.15) is 36.4 Å². The SMILES string of the molecule is CC(=O)OCC1O[C@H](Sc2cc(Cl)cc(Cl)c2)C(OC(C)=O)C(N=[N+]=[N-])[C@H]1OC(C)=O. The molecule has 0 N–H and O–H groups in total. The van der Waals surface area contributed by atoms with Crippen molar-refractivity contribution < 1.29 is 33.3 Å². The number of carbonyl (C=O) groups is 3. The summed E-state index contributed by atoms with van der Waals surface area (Å²) >= 11 is 13.2. The van der Waals surface area contributed by atoms with E-state index in [9.17, 15) is 14.4 Å². The van der Waals surface area contributed by atoms with E-state index in [0.29, 0.717) is 14.9 Å². The van der Waals surface area contributed by atoms with Crippen LogP contribution in [0, 0.1) is 0 Å². The van der Waals surface area contributed by atoms with Crippen molar-refractivity contribution in [2.45, 2.75) is 55.5 Å². The standard InChI is InChI=1S/C18H19Cl2N3O7S/c1-8(24)27-7-14-16(28-9(2)25)15(22-23-21)17(29-10(3)26)18(30-14)31-13-5-11(19)4-12(20)6-13/h4-6,14-18H,7H2,1-3H3/t14?,15?,16-,17?,18+/m0/s1. The highest BCUT2D eigenvalue weighted by Gasteiger charge is 2.50. The molecule has 0 amide bonds. The third kappa shape index (κ3) is 7.48. The molecule has 1 aromatic carbocycles. The van der Waals surface area contributed by atoms with Crippen molar-refractivity contribution in [3.8, 4) is 0 Å². The number of hydrogen-bond acceptors (Lipinski definition) is 9. The summed E-state index contributed by atoms with van der Waals surface area (Å²) in [6.07, 6.45) is -3.30. The van der Waals surface area contributed by atoms with Crippen molar-refractivity contribution in [1.82, 2.24) is 0 Å². The molecule has 2 rings (SSSR count). The van der Waals surface area contributed by atoms with E-state index in [0.717, 1.165) is 18.7 Å². The van der Waals surface area contributed by atoms with E-state index >= 15 is 0 Å². The van der Waals surface area contributed by atoms with E-state index in [1.165, 1.54) is 13.8 Å². The van der Waals surface area contributed by atoms with Crippen LogP contribution >= 0.6 is 35.0 Å². The maximum atomic E-state index is 11.8. The lowest BCUT2D eigenvalue weighted by molar-refractivity contribution is -0.201. The lowest BCUT2D eigenvalue weighted by Crippen LogP contribution is -2.59. The first kappa shape index (κ1) is 25.1. The van der Waals surface area contributed by atoms with Crippen LogP contribution in [0.15, 0.2) is 28.2 Å². The Morgan fingerprint density at radius 1 is 1.06 bits per heavy atom. The predicted octanol–water partition coefficient (Wildman–Crippen LogP) is 3.92. The predicted molar refractivity (Wildman–Crippen MR) is 112 cm³/mol. The second kappa shape index (κ2) is 11.4. The molecule has 10 nitrogen and oxygen atoms in total. The van der Waals surface area contributed by atoms with Crippen LogP contribution in [0.3, 0.4) is 0 Å². The van der Waals surface area contributed by atoms with Gasteiger partial charge < -0.3 is 18.9 Å². The molecule has 1 aliphatic rings. The van der Waals surface area contributed by atoms with Crippen LogP contribution in [0.2, 0.25) is 10.0 Å². The minimum absolute atomic E-state index is 0.287. The van der Waals surface area contributed by atoms with E-state index in [2.05, 4.69) is 10.0 Å². The molecule has 0 aliphatic carbocycles. The minimum atomic E-state index is -1.17. The van der Waals surface area contributed by atoms with Gasteiger partial charge in [-0.05, 0) is 23.7 Å². The zero-order valence-corrected chi connectivity index (χ0v) is 19.0. The average molecular weight is 492 g/mol. The summed E-state index contributed by atoms with van der Waals surface area (Å²) in [6, 6.07) is 3.63. The van der Waals surface area contributed by atoms with Crippen molar-refractivity contribution in [3.05, 3.63) is 38.7 Å². The monoisotopic (exact) mass is 491 g/mol. The second-order valence-corrected chi connectivity index (χ2v) is 8.46. The fourth-order valence-corrected chi connectivity index (χ4v) is 4.76. The largest absolute Gasteiger partial charge is 0.463 e. The van der Waals surface area contributed by atoms with E-state index in [1.807, 2.05) is 0 Å². The summed E-state index contributed by atoms with van der Waals surface area (Å²) in [5.74, 6) is -1.94. The quantitative estimate of drug-likeness (QED) is 0.184. The lowest BCUT2D eigenvalue weighted by Gasteiger charge is -2.43. The van der Waals surface area contributed by atoms with Crippen molar-refractivity contribution in [2.24, 2.45) is 5.11 Å². The number of benzene rings is 1. The van der Waals surface area contributed by atoms with Crippen LogP contribution in [-0.2, 0) is 33.3 Å². The maximum absolute atomic E-state index is 11.8. The lowest BCUT2D eigenvalue weighted by atomic mass is 9.97. The van der Waals surface area contributed by atoms with Gasteiger partial charge >= 0.3 is 17.9 Å². The summed E-state index contributed by atoms with van der Waals surface area (Å²) in [6.45, 7) is 3.25. The Balaban J connectivity index is 2.46. The smallest absolute Gasteiger partial charge is 0.303 e. The average Bonchev–Trinajstić information content (AvgIpc) is 2.63. The molecular formula is C18H19Cl2N3O7S. The van der Waals surface area contributed by atoms with Gasteiger partial charge in [0, 0.05) is 40.6 Å². The summed E-state index contributed by atoms with van der Waals surface area (Å²) in [4.78, 5) is 38.1. The Hall–Kier alpha value is -2.17. The fraction of sp³-hybridized carbons (Fsp3) is 0.500. The Morgan fingerprint density at radius 2 is 1.65 bits per heavy atom. The van der Waals surface area contributed by atoms with Crippen molar-refractivity contribution >= 4 is 52.9 Å². The summed E-state index contributed by atoms with van der Waals surface area (Å²) in [5, 5.41) is 4.44. The molecule has 0 bridgehead atoms. The molecule has 0 radical (unpaired) electrons. The highest BCUT2D eigenvalue weighted by atomic mass is 35.5. The van der Waals surface area contributed by atoms with Crippen LogP contribution in [-0.4, -0.2) is 54.3 Å². The molecule has 0 saturated carbocycles. The van der Waals surface area contributed by atoms with Gasteiger partial charge in [0.2, 0.25) is 0 Å². The first-order chi connectivity index (χ1) is 14.6. The van der Waals surface area contributed by atoms with Gasteiger partial charge in [-0.15, -0.1) is 0 Å². The van der Waals surface area contributed by atoms with Gasteiger partial charge in [0.05, 0.1) is 0 Å². The van der Waals surface area contributed by atoms with Crippen molar-refractivity contribution in [1.29, 1.82) is 0 Å². The molecule has 3 unspecified atom stereocenters. The first-order valence-corrected chi connectivity index (χ1v) is 10.5. The van der Waals surface area contributed by atoms with E-state index in [-0.39, 0.29) is 6.61 Å². The number of esters is 3. The van der Waals surface area contributed by atoms with Crippen molar-refractivity contribution in [2.75, 3.05) is 6.61 Å². The number of azide groups is 1. The molecule has 168 valence electrons. The van der Waals surface area contributed by atoms with Crippen LogP contribution in [0.1, 0.15) is 20.8 Å². The molecule has 1 aliphatic heterocycles. The number of nitrogens with zero attached hydrogens (tertiary/aromatic N) is 3. The summed E-state index contributed by atoms with van der Waals surface area (Å²) in [5.41, 5.74) is 8.16. The van der Waals surface area contributed by atoms with Gasteiger partial charge in [0.15, 0.2) is 0 Å². The molecule has 0 spiro atoms. The third-order valence-corrected chi connectivity index (χ3v) is 5.50. The number of carbonyl (C=O) groups excluding carboxylic acids is 3. The number of halogens is 2. The molecule has 31 heavy (non-hydrogen) atoms. The van der Waals surface area contributed by atoms with Crippen LogP contribution in [0.25, 0.3) is 10.4 Å². The zero-order chi connectivity index (χ0) is 23.1. The Labute approximate surface area is 192 Å². The maximum Gasteiger partial charge on any atom is 0.303 e. The van der Waals surface area contributed by atoms with Gasteiger partial charge in [-0.2, -0.15) is 0 Å². The second-order valence-electron chi connectivity index (χ2n) is 6.41. The van der Waals surface area contributed by atoms with E-state index < -0.39 is 47.7 Å². The number of thioether (sulfide) groups is 1. The highest BCUT2D eigenvalue weighted by Crippen LogP contribution is 2.39. The summed E-state index contributed by atoms with van der Waals surface area (Å²) in [7, 11) is 0. The molecule has 5 atom stereocenters. The fourth-order valence-electron chi connectivity index (χ4n) is 2.90. The molecule has 1 saturated heterocycles. The van der Waals surface area contributed by atoms with Crippen LogP contribution in [0.5, 0.6) is 0 Å².